The first-order valence-corrected chi connectivity index (χ1v) is 1.15. The predicted octanol–water partition coefficient (Wildman–Crippen LogP) is -2.59. The van der Waals surface area contributed by atoms with Gasteiger partial charge in [-0.25, -0.2) is 0 Å². The van der Waals surface area contributed by atoms with E-state index in [4.69, 9.17) is 0 Å². The Kier molecular flexibility index (Phi) is 67.8. The van der Waals surface area contributed by atoms with Gasteiger partial charge in [0.2, 0.25) is 0 Å². The van der Waals surface area contributed by atoms with Crippen molar-refractivity contribution >= 4 is 0 Å². The van der Waals surface area contributed by atoms with Crippen LogP contribution in [-0.4, -0.2) is 5.48 Å². The molecule has 0 fully saturated rings. The summed E-state index contributed by atoms with van der Waals surface area (Å²) in [5.41, 5.74) is 0. The molecule has 0 aliphatic rings. The van der Waals surface area contributed by atoms with E-state index in [0.717, 1.165) is 0 Å². The van der Waals surface area contributed by atoms with Crippen molar-refractivity contribution in [2.24, 2.45) is 0 Å². The minimum atomic E-state index is 0. The average Bonchev–Trinajstić information content (AvgIpc) is 0.918. The van der Waals surface area contributed by atoms with Crippen LogP contribution in [0, 0.1) is 6.42 Å². The number of rotatable bonds is 0. The zero-order valence-corrected chi connectivity index (χ0v) is 6.08. The van der Waals surface area contributed by atoms with Crippen LogP contribution in [0.1, 0.15) is 13.8 Å². The maximum absolute atomic E-state index is 2.00. The van der Waals surface area contributed by atoms with E-state index >= 15 is 0 Å². The van der Waals surface area contributed by atoms with Crippen LogP contribution in [0.25, 0.3) is 0 Å². The molecule has 2 N–H and O–H groups in total. The molecule has 0 saturated heterocycles. The summed E-state index contributed by atoms with van der Waals surface area (Å²) in [7, 11) is 0. The van der Waals surface area contributed by atoms with Crippen molar-refractivity contribution in [3.8, 4) is 0 Å². The SMILES string of the molecule is C[CH-]C.O.[Na+]. The Morgan fingerprint density at radius 2 is 1.20 bits per heavy atom. The van der Waals surface area contributed by atoms with Gasteiger partial charge in [-0.1, -0.05) is 0 Å². The standard InChI is InChI=1S/C3H7.Na.H2O/c1-3-2;;/h3H,1-2H3;;1H2/q-1;+1;. The summed E-state index contributed by atoms with van der Waals surface area (Å²) in [5, 5.41) is 0. The quantitative estimate of drug-likeness (QED) is 0.228. The third-order valence-corrected chi connectivity index (χ3v) is 0. The third kappa shape index (κ3) is 47.2. The maximum atomic E-state index is 2.00. The second-order valence-electron chi connectivity index (χ2n) is 0.577. The smallest absolute Gasteiger partial charge is 0.412 e. The van der Waals surface area contributed by atoms with Crippen molar-refractivity contribution in [3.63, 3.8) is 0 Å². The van der Waals surface area contributed by atoms with Gasteiger partial charge in [-0.05, 0) is 0 Å². The van der Waals surface area contributed by atoms with E-state index in [9.17, 15) is 0 Å². The Hall–Kier alpha value is 0.960. The first kappa shape index (κ1) is 16.7. The van der Waals surface area contributed by atoms with E-state index < -0.39 is 0 Å². The third-order valence-electron chi connectivity index (χ3n) is 0. The molecule has 0 atom stereocenters. The Bertz CT molecular complexity index is 6.85. The molecule has 0 aliphatic heterocycles. The van der Waals surface area contributed by atoms with E-state index in [1.165, 1.54) is 0 Å². The van der Waals surface area contributed by atoms with Crippen LogP contribution in [0.5, 0.6) is 0 Å². The van der Waals surface area contributed by atoms with E-state index in [-0.39, 0.29) is 35.0 Å². The van der Waals surface area contributed by atoms with Gasteiger partial charge in [-0.2, -0.15) is 13.8 Å². The molecule has 28 valence electrons. The van der Waals surface area contributed by atoms with E-state index in [1.54, 1.807) is 0 Å². The molecule has 0 aromatic rings. The van der Waals surface area contributed by atoms with Gasteiger partial charge in [0, 0.05) is 0 Å². The van der Waals surface area contributed by atoms with Crippen LogP contribution in [-0.2, 0) is 0 Å². The summed E-state index contributed by atoms with van der Waals surface area (Å²) in [4.78, 5) is 0. The van der Waals surface area contributed by atoms with Crippen LogP contribution in [0.4, 0.5) is 0 Å². The molecule has 5 heavy (non-hydrogen) atoms. The summed E-state index contributed by atoms with van der Waals surface area (Å²) in [6, 6.07) is 0. The summed E-state index contributed by atoms with van der Waals surface area (Å²) in [6.45, 7) is 4.00. The van der Waals surface area contributed by atoms with Crippen LogP contribution in [0.2, 0.25) is 0 Å². The van der Waals surface area contributed by atoms with Gasteiger partial charge in [0.25, 0.3) is 0 Å². The fourth-order valence-electron chi connectivity index (χ4n) is 0. The van der Waals surface area contributed by atoms with Gasteiger partial charge in [0.1, 0.15) is 0 Å². The van der Waals surface area contributed by atoms with Crippen molar-refractivity contribution < 1.29 is 35.0 Å². The van der Waals surface area contributed by atoms with Gasteiger partial charge in [-0.15, -0.1) is 0 Å². The Balaban J connectivity index is -0.0000000200. The average molecular weight is 84.1 g/mol. The molecular weight excluding hydrogens is 75.0 g/mol. The van der Waals surface area contributed by atoms with E-state index in [0.29, 0.717) is 0 Å². The first-order chi connectivity index (χ1) is 1.41. The Morgan fingerprint density at radius 3 is 1.20 bits per heavy atom. The second kappa shape index (κ2) is 20.2. The van der Waals surface area contributed by atoms with Crippen molar-refractivity contribution in [1.82, 2.24) is 0 Å². The van der Waals surface area contributed by atoms with Crippen molar-refractivity contribution in [2.45, 2.75) is 13.8 Å². The molecule has 1 nitrogen and oxygen atoms in total. The van der Waals surface area contributed by atoms with Crippen LogP contribution in [0.15, 0.2) is 0 Å². The normalized spacial score (nSPS) is 3.60. The fourth-order valence-corrected chi connectivity index (χ4v) is 0. The van der Waals surface area contributed by atoms with Crippen molar-refractivity contribution in [3.05, 3.63) is 6.42 Å². The molecule has 0 aliphatic carbocycles. The molecule has 0 rings (SSSR count). The number of hydrogen-bond acceptors (Lipinski definition) is 0. The summed E-state index contributed by atoms with van der Waals surface area (Å²) in [6.07, 6.45) is 2.00. The summed E-state index contributed by atoms with van der Waals surface area (Å²) in [5.74, 6) is 0. The second-order valence-corrected chi connectivity index (χ2v) is 0.577. The van der Waals surface area contributed by atoms with Crippen LogP contribution >= 0.6 is 0 Å². The largest absolute Gasteiger partial charge is 1.00 e. The topological polar surface area (TPSA) is 31.5 Å². The molecule has 0 aromatic carbocycles. The maximum Gasteiger partial charge on any atom is 1.00 e. The van der Waals surface area contributed by atoms with Gasteiger partial charge in [0.15, 0.2) is 0 Å². The van der Waals surface area contributed by atoms with Crippen LogP contribution in [0.3, 0.4) is 0 Å². The van der Waals surface area contributed by atoms with Gasteiger partial charge < -0.3 is 11.9 Å². The molecule has 0 bridgehead atoms. The minimum absolute atomic E-state index is 0. The van der Waals surface area contributed by atoms with Crippen LogP contribution < -0.4 is 29.6 Å². The van der Waals surface area contributed by atoms with Gasteiger partial charge >= 0.3 is 29.6 Å². The molecule has 0 radical (unpaired) electrons. The van der Waals surface area contributed by atoms with Crippen molar-refractivity contribution in [2.75, 3.05) is 0 Å². The Morgan fingerprint density at radius 1 is 1.20 bits per heavy atom. The zero-order valence-electron chi connectivity index (χ0n) is 4.08. The van der Waals surface area contributed by atoms with Gasteiger partial charge in [-0.3, -0.25) is 0 Å². The molecule has 0 aromatic heterocycles. The monoisotopic (exact) mass is 84.1 g/mol. The zero-order chi connectivity index (χ0) is 2.71. The van der Waals surface area contributed by atoms with E-state index in [2.05, 4.69) is 0 Å². The molecule has 0 unspecified atom stereocenters. The Labute approximate surface area is 55.4 Å². The first-order valence-electron chi connectivity index (χ1n) is 1.15. The minimum Gasteiger partial charge on any atom is -0.412 e. The summed E-state index contributed by atoms with van der Waals surface area (Å²) < 4.78 is 0. The van der Waals surface area contributed by atoms with Crippen molar-refractivity contribution in [1.29, 1.82) is 0 Å². The van der Waals surface area contributed by atoms with E-state index in [1.807, 2.05) is 20.3 Å². The molecule has 2 heteroatoms. The molecule has 0 heterocycles. The summed E-state index contributed by atoms with van der Waals surface area (Å²) >= 11 is 0. The number of hydrogen-bond donors (Lipinski definition) is 0. The molecule has 0 amide bonds. The predicted molar refractivity (Wildman–Crippen MR) is 19.3 cm³/mol. The molecule has 0 saturated carbocycles. The fraction of sp³-hybridized carbons (Fsp3) is 0.667. The molecule has 0 spiro atoms. The molecular formula is C3H9NaO. The van der Waals surface area contributed by atoms with Gasteiger partial charge in [0.05, 0.1) is 0 Å².